The lowest BCUT2D eigenvalue weighted by atomic mass is 10.1. The molecule has 1 atom stereocenters. The molecule has 2 aromatic carbocycles. The van der Waals surface area contributed by atoms with Crippen molar-refractivity contribution in [1.29, 1.82) is 0 Å². The first-order valence-corrected chi connectivity index (χ1v) is 7.82. The van der Waals surface area contributed by atoms with Crippen molar-refractivity contribution in [2.45, 2.75) is 26.3 Å². The monoisotopic (exact) mass is 313 g/mol. The summed E-state index contributed by atoms with van der Waals surface area (Å²) in [6, 6.07) is 14.7. The Balaban J connectivity index is 2.03. The molecule has 23 heavy (non-hydrogen) atoms. The number of para-hydroxylation sites is 1. The SMILES string of the molecule is CCCOc1ccc(C(=O)N[C@@H](C)c2ccccc2OC)cc1. The number of hydrogen-bond donors (Lipinski definition) is 1. The molecule has 0 fully saturated rings. The second kappa shape index (κ2) is 8.22. The van der Waals surface area contributed by atoms with E-state index in [1.165, 1.54) is 0 Å². The van der Waals surface area contributed by atoms with Crippen molar-refractivity contribution in [3.8, 4) is 11.5 Å². The molecule has 1 amide bonds. The Morgan fingerprint density at radius 1 is 1.13 bits per heavy atom. The van der Waals surface area contributed by atoms with Gasteiger partial charge in [-0.05, 0) is 43.7 Å². The number of carbonyl (C=O) groups excluding carboxylic acids is 1. The number of benzene rings is 2. The van der Waals surface area contributed by atoms with Gasteiger partial charge in [0.05, 0.1) is 19.8 Å². The maximum Gasteiger partial charge on any atom is 0.251 e. The normalized spacial score (nSPS) is 11.6. The average molecular weight is 313 g/mol. The van der Waals surface area contributed by atoms with Crippen LogP contribution >= 0.6 is 0 Å². The topological polar surface area (TPSA) is 47.6 Å². The number of amides is 1. The van der Waals surface area contributed by atoms with Crippen molar-refractivity contribution in [2.24, 2.45) is 0 Å². The highest BCUT2D eigenvalue weighted by atomic mass is 16.5. The second-order valence-electron chi connectivity index (χ2n) is 5.31. The quantitative estimate of drug-likeness (QED) is 0.841. The maximum atomic E-state index is 12.4. The zero-order chi connectivity index (χ0) is 16.7. The molecule has 0 saturated heterocycles. The van der Waals surface area contributed by atoms with Gasteiger partial charge in [-0.15, -0.1) is 0 Å². The van der Waals surface area contributed by atoms with Crippen LogP contribution in [-0.4, -0.2) is 19.6 Å². The largest absolute Gasteiger partial charge is 0.496 e. The number of ether oxygens (including phenoxy) is 2. The fourth-order valence-electron chi connectivity index (χ4n) is 2.30. The Labute approximate surface area is 137 Å². The lowest BCUT2D eigenvalue weighted by Crippen LogP contribution is -2.26. The van der Waals surface area contributed by atoms with Gasteiger partial charge >= 0.3 is 0 Å². The summed E-state index contributed by atoms with van der Waals surface area (Å²) >= 11 is 0. The van der Waals surface area contributed by atoms with Crippen LogP contribution in [0.3, 0.4) is 0 Å². The van der Waals surface area contributed by atoms with Crippen molar-refractivity contribution >= 4 is 5.91 Å². The minimum atomic E-state index is -0.144. The molecule has 0 aliphatic rings. The van der Waals surface area contributed by atoms with Crippen LogP contribution in [-0.2, 0) is 0 Å². The van der Waals surface area contributed by atoms with Crippen LogP contribution in [0.4, 0.5) is 0 Å². The van der Waals surface area contributed by atoms with E-state index in [0.29, 0.717) is 12.2 Å². The molecule has 0 saturated carbocycles. The van der Waals surface area contributed by atoms with Gasteiger partial charge in [0.2, 0.25) is 0 Å². The summed E-state index contributed by atoms with van der Waals surface area (Å²) in [5, 5.41) is 2.99. The summed E-state index contributed by atoms with van der Waals surface area (Å²) < 4.78 is 10.9. The predicted molar refractivity (Wildman–Crippen MR) is 91.1 cm³/mol. The summed E-state index contributed by atoms with van der Waals surface area (Å²) in [6.45, 7) is 4.67. The van der Waals surface area contributed by atoms with Crippen LogP contribution in [0.15, 0.2) is 48.5 Å². The predicted octanol–water partition coefficient (Wildman–Crippen LogP) is 3.98. The van der Waals surface area contributed by atoms with Gasteiger partial charge in [0, 0.05) is 11.1 Å². The van der Waals surface area contributed by atoms with Crippen molar-refractivity contribution in [1.82, 2.24) is 5.32 Å². The van der Waals surface area contributed by atoms with Crippen molar-refractivity contribution < 1.29 is 14.3 Å². The molecule has 0 aliphatic heterocycles. The average Bonchev–Trinajstić information content (AvgIpc) is 2.60. The molecule has 1 N–H and O–H groups in total. The number of nitrogens with one attached hydrogen (secondary N) is 1. The summed E-state index contributed by atoms with van der Waals surface area (Å²) in [4.78, 5) is 12.4. The molecule has 4 nitrogen and oxygen atoms in total. The summed E-state index contributed by atoms with van der Waals surface area (Å²) in [5.74, 6) is 1.43. The van der Waals surface area contributed by atoms with Crippen LogP contribution in [0.5, 0.6) is 11.5 Å². The Kier molecular flexibility index (Phi) is 6.03. The van der Waals surface area contributed by atoms with E-state index in [0.717, 1.165) is 23.5 Å². The molecule has 0 bridgehead atoms. The van der Waals surface area contributed by atoms with E-state index >= 15 is 0 Å². The molecule has 2 rings (SSSR count). The number of methoxy groups -OCH3 is 1. The summed E-state index contributed by atoms with van der Waals surface area (Å²) in [7, 11) is 1.63. The minimum Gasteiger partial charge on any atom is -0.496 e. The van der Waals surface area contributed by atoms with Crippen molar-refractivity contribution in [2.75, 3.05) is 13.7 Å². The van der Waals surface area contributed by atoms with Gasteiger partial charge < -0.3 is 14.8 Å². The van der Waals surface area contributed by atoms with E-state index in [2.05, 4.69) is 12.2 Å². The highest BCUT2D eigenvalue weighted by molar-refractivity contribution is 5.94. The van der Waals surface area contributed by atoms with Crippen molar-refractivity contribution in [3.05, 3.63) is 59.7 Å². The molecule has 0 radical (unpaired) electrons. The van der Waals surface area contributed by atoms with Gasteiger partial charge in [0.25, 0.3) is 5.91 Å². The van der Waals surface area contributed by atoms with Crippen LogP contribution in [0, 0.1) is 0 Å². The van der Waals surface area contributed by atoms with Gasteiger partial charge in [-0.1, -0.05) is 25.1 Å². The van der Waals surface area contributed by atoms with Crippen molar-refractivity contribution in [3.63, 3.8) is 0 Å². The summed E-state index contributed by atoms with van der Waals surface area (Å²) in [5.41, 5.74) is 1.56. The van der Waals surface area contributed by atoms with E-state index in [1.807, 2.05) is 43.3 Å². The highest BCUT2D eigenvalue weighted by Gasteiger charge is 2.14. The zero-order valence-corrected chi connectivity index (χ0v) is 13.8. The fraction of sp³-hybridized carbons (Fsp3) is 0.316. The second-order valence-corrected chi connectivity index (χ2v) is 5.31. The first kappa shape index (κ1) is 16.9. The molecule has 0 aliphatic carbocycles. The lowest BCUT2D eigenvalue weighted by Gasteiger charge is -2.17. The Bertz CT molecular complexity index is 637. The molecule has 0 aromatic heterocycles. The number of rotatable bonds is 7. The first-order valence-electron chi connectivity index (χ1n) is 7.82. The van der Waals surface area contributed by atoms with E-state index in [-0.39, 0.29) is 11.9 Å². The highest BCUT2D eigenvalue weighted by Crippen LogP contribution is 2.24. The Morgan fingerprint density at radius 3 is 2.48 bits per heavy atom. The van der Waals surface area contributed by atoms with Gasteiger partial charge in [-0.25, -0.2) is 0 Å². The smallest absolute Gasteiger partial charge is 0.251 e. The molecular weight excluding hydrogens is 290 g/mol. The van der Waals surface area contributed by atoms with E-state index < -0.39 is 0 Å². The van der Waals surface area contributed by atoms with Crippen LogP contribution in [0.2, 0.25) is 0 Å². The third-order valence-electron chi connectivity index (χ3n) is 3.54. The maximum absolute atomic E-state index is 12.4. The zero-order valence-electron chi connectivity index (χ0n) is 13.8. The van der Waals surface area contributed by atoms with Crippen LogP contribution in [0.1, 0.15) is 42.2 Å². The molecule has 0 heterocycles. The third-order valence-corrected chi connectivity index (χ3v) is 3.54. The van der Waals surface area contributed by atoms with Gasteiger partial charge in [-0.2, -0.15) is 0 Å². The Morgan fingerprint density at radius 2 is 1.83 bits per heavy atom. The Hall–Kier alpha value is -2.49. The van der Waals surface area contributed by atoms with E-state index in [4.69, 9.17) is 9.47 Å². The van der Waals surface area contributed by atoms with Gasteiger partial charge in [-0.3, -0.25) is 4.79 Å². The molecule has 0 unspecified atom stereocenters. The van der Waals surface area contributed by atoms with E-state index in [1.54, 1.807) is 19.2 Å². The standard InChI is InChI=1S/C19H23NO3/c1-4-13-23-16-11-9-15(10-12-16)19(21)20-14(2)17-7-5-6-8-18(17)22-3/h5-12,14H,4,13H2,1-3H3,(H,20,21)/t14-/m0/s1. The fourth-order valence-corrected chi connectivity index (χ4v) is 2.30. The number of carbonyl (C=O) groups is 1. The molecule has 0 spiro atoms. The van der Waals surface area contributed by atoms with E-state index in [9.17, 15) is 4.79 Å². The van der Waals surface area contributed by atoms with Crippen LogP contribution < -0.4 is 14.8 Å². The molecular formula is C19H23NO3. The lowest BCUT2D eigenvalue weighted by molar-refractivity contribution is 0.0939. The molecule has 4 heteroatoms. The van der Waals surface area contributed by atoms with Crippen LogP contribution in [0.25, 0.3) is 0 Å². The van der Waals surface area contributed by atoms with Gasteiger partial charge in [0.15, 0.2) is 0 Å². The molecule has 122 valence electrons. The molecule has 2 aromatic rings. The minimum absolute atomic E-state index is 0.120. The van der Waals surface area contributed by atoms with Gasteiger partial charge in [0.1, 0.15) is 11.5 Å². The number of hydrogen-bond acceptors (Lipinski definition) is 3. The summed E-state index contributed by atoms with van der Waals surface area (Å²) in [6.07, 6.45) is 0.957. The first-order chi connectivity index (χ1) is 11.2. The third kappa shape index (κ3) is 4.49.